The van der Waals surface area contributed by atoms with Crippen molar-refractivity contribution in [2.24, 2.45) is 47.3 Å². The lowest BCUT2D eigenvalue weighted by atomic mass is 9.70. The number of unbranched alkanes of at least 4 members (excludes halogenated alkanes) is 2. The fraction of sp³-hybridized carbons (Fsp3) is 1.00. The Kier molecular flexibility index (Phi) is 14.8. The van der Waals surface area contributed by atoms with Gasteiger partial charge in [0, 0.05) is 0 Å². The van der Waals surface area contributed by atoms with Crippen molar-refractivity contribution in [1.29, 1.82) is 0 Å². The minimum atomic E-state index is 0.0121. The molecule has 252 valence electrons. The topological polar surface area (TPSA) is 9.23 Å². The second-order valence-corrected chi connectivity index (χ2v) is 18.0. The average Bonchev–Trinajstić information content (AvgIpc) is 3.01. The molecule has 1 nitrogen and oxygen atoms in total. The van der Waals surface area contributed by atoms with Gasteiger partial charge in [-0.25, -0.2) is 0 Å². The summed E-state index contributed by atoms with van der Waals surface area (Å²) in [6.45, 7) is 14.5. The van der Waals surface area contributed by atoms with Crippen LogP contribution in [0.2, 0.25) is 0 Å². The molecule has 4 aliphatic carbocycles. The van der Waals surface area contributed by atoms with E-state index in [9.17, 15) is 0 Å². The average molecular weight is 599 g/mol. The first-order valence-electron chi connectivity index (χ1n) is 20.4. The van der Waals surface area contributed by atoms with Crippen LogP contribution in [-0.2, 0) is 4.74 Å². The van der Waals surface area contributed by atoms with Crippen molar-refractivity contribution in [1.82, 2.24) is 0 Å². The van der Waals surface area contributed by atoms with Crippen LogP contribution in [0.5, 0.6) is 0 Å². The SMILES string of the molecule is CCCC[C@H]1CC[C@H](CCC2CCC(C(C)(C)OC(C)(C)C3CCC(CC[C@H]4CC[C@H](CCCC)CC4)CC3)CC2)CC1. The molecule has 0 aliphatic heterocycles. The molecule has 0 aromatic carbocycles. The minimum Gasteiger partial charge on any atom is -0.369 e. The van der Waals surface area contributed by atoms with Crippen molar-refractivity contribution in [3.63, 3.8) is 0 Å². The van der Waals surface area contributed by atoms with E-state index in [0.29, 0.717) is 0 Å². The summed E-state index contributed by atoms with van der Waals surface area (Å²) in [5.41, 5.74) is 0.0241. The smallest absolute Gasteiger partial charge is 0.0661 e. The summed E-state index contributed by atoms with van der Waals surface area (Å²) in [4.78, 5) is 0. The molecule has 4 rings (SSSR count). The van der Waals surface area contributed by atoms with Gasteiger partial charge in [-0.05, 0) is 101 Å². The Morgan fingerprint density at radius 1 is 0.372 bits per heavy atom. The molecule has 4 fully saturated rings. The molecule has 0 saturated heterocycles. The summed E-state index contributed by atoms with van der Waals surface area (Å²) in [6.07, 6.45) is 38.3. The van der Waals surface area contributed by atoms with Crippen molar-refractivity contribution < 1.29 is 4.74 Å². The van der Waals surface area contributed by atoms with Gasteiger partial charge in [-0.3, -0.25) is 0 Å². The van der Waals surface area contributed by atoms with E-state index in [1.807, 2.05) is 0 Å². The van der Waals surface area contributed by atoms with Crippen LogP contribution in [-0.4, -0.2) is 11.2 Å². The van der Waals surface area contributed by atoms with Crippen molar-refractivity contribution in [2.75, 3.05) is 0 Å². The highest BCUT2D eigenvalue weighted by molar-refractivity contribution is 4.92. The van der Waals surface area contributed by atoms with Crippen LogP contribution in [0.3, 0.4) is 0 Å². The molecule has 4 saturated carbocycles. The van der Waals surface area contributed by atoms with Crippen LogP contribution in [0.25, 0.3) is 0 Å². The van der Waals surface area contributed by atoms with Crippen molar-refractivity contribution in [2.45, 2.75) is 220 Å². The number of rotatable bonds is 16. The predicted molar refractivity (Wildman–Crippen MR) is 189 cm³/mol. The Morgan fingerprint density at radius 3 is 0.860 bits per heavy atom. The van der Waals surface area contributed by atoms with Gasteiger partial charge in [0.1, 0.15) is 0 Å². The van der Waals surface area contributed by atoms with E-state index >= 15 is 0 Å². The highest BCUT2D eigenvalue weighted by Gasteiger charge is 2.42. The number of hydrogen-bond donors (Lipinski definition) is 0. The van der Waals surface area contributed by atoms with E-state index in [0.717, 1.165) is 47.3 Å². The van der Waals surface area contributed by atoms with Gasteiger partial charge in [-0.1, -0.05) is 155 Å². The molecular formula is C42H78O. The zero-order valence-electron chi connectivity index (χ0n) is 30.4. The molecule has 0 unspecified atom stereocenters. The summed E-state index contributed by atoms with van der Waals surface area (Å²) in [5, 5.41) is 0. The Labute approximate surface area is 271 Å². The molecule has 0 aromatic heterocycles. The molecule has 43 heavy (non-hydrogen) atoms. The van der Waals surface area contributed by atoms with Gasteiger partial charge in [0.25, 0.3) is 0 Å². The van der Waals surface area contributed by atoms with E-state index in [4.69, 9.17) is 4.74 Å². The second kappa shape index (κ2) is 17.8. The maximum atomic E-state index is 7.16. The Morgan fingerprint density at radius 2 is 0.605 bits per heavy atom. The van der Waals surface area contributed by atoms with Gasteiger partial charge in [0.05, 0.1) is 11.2 Å². The Balaban J connectivity index is 1.09. The summed E-state index contributed by atoms with van der Waals surface area (Å²) >= 11 is 0. The van der Waals surface area contributed by atoms with Crippen LogP contribution in [0, 0.1) is 47.3 Å². The van der Waals surface area contributed by atoms with Gasteiger partial charge in [0.2, 0.25) is 0 Å². The van der Waals surface area contributed by atoms with E-state index < -0.39 is 0 Å². The molecule has 0 bridgehead atoms. The standard InChI is InChI=1S/C42H78O/c1-7-9-11-33-13-17-35(18-14-33)21-23-37-25-29-39(30-26-37)41(3,4)43-42(5,6)40-31-27-38(28-32-40)24-22-36-19-15-34(16-20-36)12-10-8-2/h33-40H,7-32H2,1-6H3/t33-,34-,35-,36-,37?,38?,39?,40?. The van der Waals surface area contributed by atoms with E-state index in [1.54, 1.807) is 0 Å². The highest BCUT2D eigenvalue weighted by Crippen LogP contribution is 2.46. The zero-order chi connectivity index (χ0) is 30.7. The van der Waals surface area contributed by atoms with Crippen LogP contribution in [0.4, 0.5) is 0 Å². The first kappa shape index (κ1) is 35.8. The fourth-order valence-corrected chi connectivity index (χ4v) is 10.7. The van der Waals surface area contributed by atoms with E-state index in [1.165, 1.54) is 167 Å². The van der Waals surface area contributed by atoms with Crippen molar-refractivity contribution in [3.05, 3.63) is 0 Å². The molecule has 0 N–H and O–H groups in total. The molecule has 0 spiro atoms. The van der Waals surface area contributed by atoms with Crippen LogP contribution >= 0.6 is 0 Å². The number of ether oxygens (including phenoxy) is 1. The van der Waals surface area contributed by atoms with Gasteiger partial charge < -0.3 is 4.74 Å². The second-order valence-electron chi connectivity index (χ2n) is 18.0. The van der Waals surface area contributed by atoms with Crippen LogP contribution < -0.4 is 0 Å². The molecule has 0 radical (unpaired) electrons. The summed E-state index contributed by atoms with van der Waals surface area (Å²) in [6, 6.07) is 0. The third-order valence-corrected chi connectivity index (χ3v) is 14.0. The molecule has 4 aliphatic rings. The highest BCUT2D eigenvalue weighted by atomic mass is 16.5. The molecule has 0 amide bonds. The first-order valence-corrected chi connectivity index (χ1v) is 20.4. The normalized spacial score (nSPS) is 34.7. The maximum absolute atomic E-state index is 7.16. The van der Waals surface area contributed by atoms with Gasteiger partial charge >= 0.3 is 0 Å². The summed E-state index contributed by atoms with van der Waals surface area (Å²) in [7, 11) is 0. The Bertz CT molecular complexity index is 658. The third kappa shape index (κ3) is 11.6. The fourth-order valence-electron chi connectivity index (χ4n) is 10.7. The molecule has 1 heteroatoms. The number of hydrogen-bond acceptors (Lipinski definition) is 1. The van der Waals surface area contributed by atoms with Crippen molar-refractivity contribution >= 4 is 0 Å². The van der Waals surface area contributed by atoms with Gasteiger partial charge in [-0.2, -0.15) is 0 Å². The van der Waals surface area contributed by atoms with Crippen molar-refractivity contribution in [3.8, 4) is 0 Å². The Hall–Kier alpha value is -0.0400. The molecule has 0 heterocycles. The summed E-state index contributed by atoms with van der Waals surface area (Å²) in [5.74, 6) is 7.67. The van der Waals surface area contributed by atoms with E-state index in [2.05, 4.69) is 41.5 Å². The zero-order valence-corrected chi connectivity index (χ0v) is 30.4. The summed E-state index contributed by atoms with van der Waals surface area (Å²) < 4.78 is 7.16. The molecule has 0 atom stereocenters. The molecule has 0 aromatic rings. The van der Waals surface area contributed by atoms with Gasteiger partial charge in [0.15, 0.2) is 0 Å². The lowest BCUT2D eigenvalue weighted by molar-refractivity contribution is -0.183. The lowest BCUT2D eigenvalue weighted by Gasteiger charge is -2.48. The van der Waals surface area contributed by atoms with Crippen LogP contribution in [0.1, 0.15) is 208 Å². The van der Waals surface area contributed by atoms with Crippen LogP contribution in [0.15, 0.2) is 0 Å². The maximum Gasteiger partial charge on any atom is 0.0661 e. The monoisotopic (exact) mass is 599 g/mol. The predicted octanol–water partition coefficient (Wildman–Crippen LogP) is 13.7. The largest absolute Gasteiger partial charge is 0.369 e. The quantitative estimate of drug-likeness (QED) is 0.172. The van der Waals surface area contributed by atoms with E-state index in [-0.39, 0.29) is 11.2 Å². The molecular weight excluding hydrogens is 520 g/mol. The first-order chi connectivity index (χ1) is 20.7. The minimum absolute atomic E-state index is 0.0121. The van der Waals surface area contributed by atoms with Gasteiger partial charge in [-0.15, -0.1) is 0 Å². The lowest BCUT2D eigenvalue weighted by Crippen LogP contribution is -2.47. The third-order valence-electron chi connectivity index (χ3n) is 14.0.